The van der Waals surface area contributed by atoms with E-state index in [1.54, 1.807) is 12.1 Å². The molecule has 0 aliphatic carbocycles. The first-order valence-electron chi connectivity index (χ1n) is 4.85. The number of rotatable bonds is 2. The van der Waals surface area contributed by atoms with Gasteiger partial charge in [-0.1, -0.05) is 32.9 Å². The van der Waals surface area contributed by atoms with Gasteiger partial charge in [0.1, 0.15) is 0 Å². The molecule has 1 rings (SSSR count). The van der Waals surface area contributed by atoms with Crippen LogP contribution in [0.25, 0.3) is 0 Å². The van der Waals surface area contributed by atoms with Gasteiger partial charge in [0.25, 0.3) is 0 Å². The van der Waals surface area contributed by atoms with Crippen molar-refractivity contribution in [1.82, 2.24) is 0 Å². The van der Waals surface area contributed by atoms with E-state index in [0.29, 0.717) is 5.56 Å². The third kappa shape index (κ3) is 3.32. The molecule has 0 atom stereocenters. The monoisotopic (exact) mass is 285 g/mol. The summed E-state index contributed by atoms with van der Waals surface area (Å²) in [5.74, 6) is -2.42. The van der Waals surface area contributed by atoms with Gasteiger partial charge >= 0.3 is 11.9 Å². The second kappa shape index (κ2) is 5.34. The summed E-state index contributed by atoms with van der Waals surface area (Å²) in [6, 6.07) is 4.52. The van der Waals surface area contributed by atoms with Crippen LogP contribution in [0, 0.1) is 0 Å². The predicted octanol–water partition coefficient (Wildman–Crippen LogP) is 2.38. The third-order valence-electron chi connectivity index (χ3n) is 2.32. The minimum absolute atomic E-state index is 0. The maximum atomic E-state index is 11.1. The van der Waals surface area contributed by atoms with Crippen LogP contribution in [0.5, 0.6) is 0 Å². The molecule has 0 saturated heterocycles. The van der Waals surface area contributed by atoms with Crippen molar-refractivity contribution in [1.29, 1.82) is 0 Å². The van der Waals surface area contributed by atoms with E-state index in [-0.39, 0.29) is 28.2 Å². The first-order chi connectivity index (χ1) is 7.25. The van der Waals surface area contributed by atoms with Gasteiger partial charge in [-0.15, -0.1) is 0 Å². The van der Waals surface area contributed by atoms with Crippen LogP contribution in [0.2, 0.25) is 0 Å². The van der Waals surface area contributed by atoms with Crippen molar-refractivity contribution < 1.29 is 36.9 Å². The summed E-state index contributed by atoms with van der Waals surface area (Å²) in [5.41, 5.74) is -0.165. The molecule has 0 saturated carbocycles. The van der Waals surface area contributed by atoms with Gasteiger partial charge < -0.3 is 10.2 Å². The molecule has 0 fully saturated rings. The van der Waals surface area contributed by atoms with Crippen LogP contribution in [0.4, 0.5) is 0 Å². The summed E-state index contributed by atoms with van der Waals surface area (Å²) in [7, 11) is 0. The zero-order valence-electron chi connectivity index (χ0n) is 9.74. The molecule has 4 nitrogen and oxygen atoms in total. The van der Waals surface area contributed by atoms with Gasteiger partial charge in [-0.05, 0) is 17.0 Å². The summed E-state index contributed by atoms with van der Waals surface area (Å²) < 4.78 is 0. The van der Waals surface area contributed by atoms with Gasteiger partial charge in [0, 0.05) is 17.1 Å². The Morgan fingerprint density at radius 3 is 1.94 bits per heavy atom. The van der Waals surface area contributed by atoms with Crippen LogP contribution in [0.3, 0.4) is 0 Å². The molecule has 0 bridgehead atoms. The largest absolute Gasteiger partial charge is 0.478 e. The Bertz CT molecular complexity index is 446. The molecule has 1 aromatic carbocycles. The molecule has 5 heteroatoms. The molecule has 0 aromatic heterocycles. The SMILES string of the molecule is CC(C)(C)c1cccc(C(=O)O)c1C(=O)O.[Cu]. The molecule has 1 aromatic rings. The maximum Gasteiger partial charge on any atom is 0.336 e. The normalized spacial score (nSPS) is 10.5. The first-order valence-corrected chi connectivity index (χ1v) is 4.85. The maximum absolute atomic E-state index is 11.1. The third-order valence-corrected chi connectivity index (χ3v) is 2.32. The van der Waals surface area contributed by atoms with E-state index in [1.165, 1.54) is 6.07 Å². The van der Waals surface area contributed by atoms with E-state index < -0.39 is 17.4 Å². The molecule has 0 spiro atoms. The van der Waals surface area contributed by atoms with E-state index in [1.807, 2.05) is 20.8 Å². The van der Waals surface area contributed by atoms with Crippen molar-refractivity contribution in [3.05, 3.63) is 34.9 Å². The second-order valence-corrected chi connectivity index (χ2v) is 4.59. The fraction of sp³-hybridized carbons (Fsp3) is 0.333. The number of carboxylic acids is 2. The number of aromatic carboxylic acids is 2. The molecule has 0 heterocycles. The van der Waals surface area contributed by atoms with Gasteiger partial charge in [-0.2, -0.15) is 0 Å². The number of carboxylic acid groups (broad SMARTS) is 2. The Hall–Kier alpha value is -1.32. The fourth-order valence-corrected chi connectivity index (χ4v) is 1.59. The number of hydrogen-bond acceptors (Lipinski definition) is 2. The molecule has 0 amide bonds. The first kappa shape index (κ1) is 15.7. The van der Waals surface area contributed by atoms with Crippen LogP contribution < -0.4 is 0 Å². The molecule has 0 aliphatic heterocycles. The molecule has 0 unspecified atom stereocenters. The molecule has 0 aliphatic rings. The Morgan fingerprint density at radius 2 is 1.59 bits per heavy atom. The zero-order valence-corrected chi connectivity index (χ0v) is 10.7. The average molecular weight is 286 g/mol. The average Bonchev–Trinajstić information content (AvgIpc) is 2.14. The summed E-state index contributed by atoms with van der Waals surface area (Å²) >= 11 is 0. The molecule has 97 valence electrons. The van der Waals surface area contributed by atoms with E-state index in [2.05, 4.69) is 0 Å². The number of hydrogen-bond donors (Lipinski definition) is 2. The van der Waals surface area contributed by atoms with Crippen molar-refractivity contribution in [2.75, 3.05) is 0 Å². The predicted molar refractivity (Wildman–Crippen MR) is 59.1 cm³/mol. The van der Waals surface area contributed by atoms with Gasteiger partial charge in [0.15, 0.2) is 0 Å². The summed E-state index contributed by atoms with van der Waals surface area (Å²) in [6.45, 7) is 5.54. The standard InChI is InChI=1S/C12H14O4.Cu/c1-12(2,3)8-6-4-5-7(10(13)14)9(8)11(15)16;/h4-6H,1-3H3,(H,13,14)(H,15,16);. The Balaban J connectivity index is 0.00000256. The topological polar surface area (TPSA) is 74.6 Å². The number of carbonyl (C=O) groups is 2. The van der Waals surface area contributed by atoms with Gasteiger partial charge in [-0.3, -0.25) is 0 Å². The number of benzene rings is 1. The Morgan fingerprint density at radius 1 is 1.06 bits per heavy atom. The van der Waals surface area contributed by atoms with Crippen LogP contribution in [0.1, 0.15) is 47.1 Å². The van der Waals surface area contributed by atoms with Gasteiger partial charge in [0.05, 0.1) is 11.1 Å². The summed E-state index contributed by atoms with van der Waals surface area (Å²) in [5, 5.41) is 18.0. The van der Waals surface area contributed by atoms with E-state index in [4.69, 9.17) is 10.2 Å². The minimum Gasteiger partial charge on any atom is -0.478 e. The second-order valence-electron chi connectivity index (χ2n) is 4.59. The van der Waals surface area contributed by atoms with Crippen molar-refractivity contribution in [3.8, 4) is 0 Å². The smallest absolute Gasteiger partial charge is 0.336 e. The molecule has 17 heavy (non-hydrogen) atoms. The van der Waals surface area contributed by atoms with Crippen molar-refractivity contribution in [2.45, 2.75) is 26.2 Å². The Labute approximate surface area is 110 Å². The van der Waals surface area contributed by atoms with Crippen molar-refractivity contribution >= 4 is 11.9 Å². The van der Waals surface area contributed by atoms with E-state index >= 15 is 0 Å². The van der Waals surface area contributed by atoms with Crippen molar-refractivity contribution in [2.24, 2.45) is 0 Å². The minimum atomic E-state index is -1.22. The fourth-order valence-electron chi connectivity index (χ4n) is 1.59. The van der Waals surface area contributed by atoms with E-state index in [0.717, 1.165) is 0 Å². The van der Waals surface area contributed by atoms with Gasteiger partial charge in [-0.25, -0.2) is 9.59 Å². The van der Waals surface area contributed by atoms with Gasteiger partial charge in [0.2, 0.25) is 0 Å². The molecule has 2 N–H and O–H groups in total. The molecular formula is C12H14CuO4. The van der Waals surface area contributed by atoms with E-state index in [9.17, 15) is 9.59 Å². The van der Waals surface area contributed by atoms with Crippen LogP contribution in [0.15, 0.2) is 18.2 Å². The van der Waals surface area contributed by atoms with Crippen LogP contribution >= 0.6 is 0 Å². The Kier molecular flexibility index (Phi) is 4.93. The molecule has 1 radical (unpaired) electrons. The summed E-state index contributed by atoms with van der Waals surface area (Å²) in [6.07, 6.45) is 0. The molecular weight excluding hydrogens is 272 g/mol. The van der Waals surface area contributed by atoms with Crippen molar-refractivity contribution in [3.63, 3.8) is 0 Å². The van der Waals surface area contributed by atoms with Crippen LogP contribution in [-0.4, -0.2) is 22.2 Å². The summed E-state index contributed by atoms with van der Waals surface area (Å²) in [4.78, 5) is 22.1. The van der Waals surface area contributed by atoms with Crippen LogP contribution in [-0.2, 0) is 22.5 Å². The quantitative estimate of drug-likeness (QED) is 0.818. The zero-order chi connectivity index (χ0) is 12.5.